The van der Waals surface area contributed by atoms with E-state index < -0.39 is 11.7 Å². The highest BCUT2D eigenvalue weighted by molar-refractivity contribution is 5.83. The number of nitrogens with one attached hydrogen (secondary N) is 1. The van der Waals surface area contributed by atoms with Gasteiger partial charge in [-0.05, 0) is 42.2 Å². The fourth-order valence-electron chi connectivity index (χ4n) is 2.96. The first-order chi connectivity index (χ1) is 13.5. The van der Waals surface area contributed by atoms with Crippen LogP contribution >= 0.6 is 0 Å². The van der Waals surface area contributed by atoms with Crippen molar-refractivity contribution in [2.24, 2.45) is 5.73 Å². The molecule has 28 heavy (non-hydrogen) atoms. The lowest BCUT2D eigenvalue weighted by molar-refractivity contribution is -0.127. The summed E-state index contributed by atoms with van der Waals surface area (Å²) in [5.41, 5.74) is 8.59. The normalized spacial score (nSPS) is 12.0. The van der Waals surface area contributed by atoms with Gasteiger partial charge in [-0.15, -0.1) is 0 Å². The van der Waals surface area contributed by atoms with Gasteiger partial charge in [-0.2, -0.15) is 0 Å². The fourth-order valence-corrected chi connectivity index (χ4v) is 2.96. The lowest BCUT2D eigenvalue weighted by Crippen LogP contribution is -2.35. The molecule has 0 spiro atoms. The molecule has 1 amide bonds. The van der Waals surface area contributed by atoms with E-state index in [1.165, 1.54) is 6.07 Å². The Hall–Kier alpha value is -3.12. The van der Waals surface area contributed by atoms with Gasteiger partial charge in [-0.3, -0.25) is 4.79 Å². The molecule has 146 valence electrons. The second kappa shape index (κ2) is 8.71. The van der Waals surface area contributed by atoms with Crippen molar-refractivity contribution in [2.45, 2.75) is 39.5 Å². The largest absolute Gasteiger partial charge is 0.481 e. The van der Waals surface area contributed by atoms with Gasteiger partial charge in [0.2, 0.25) is 0 Å². The molecule has 3 rings (SSSR count). The van der Waals surface area contributed by atoms with E-state index in [2.05, 4.69) is 5.32 Å². The van der Waals surface area contributed by atoms with Crippen LogP contribution in [0.15, 0.2) is 57.7 Å². The first-order valence-electron chi connectivity index (χ1n) is 9.29. The number of aryl methyl sites for hydroxylation is 1. The molecule has 3 N–H and O–H groups in total. The molecule has 0 aliphatic rings. The van der Waals surface area contributed by atoms with E-state index in [4.69, 9.17) is 14.9 Å². The van der Waals surface area contributed by atoms with Crippen molar-refractivity contribution in [3.8, 4) is 5.75 Å². The maximum atomic E-state index is 12.3. The predicted molar refractivity (Wildman–Crippen MR) is 108 cm³/mol. The molecular formula is C22H24N2O4. The van der Waals surface area contributed by atoms with Crippen molar-refractivity contribution < 1.29 is 13.9 Å². The van der Waals surface area contributed by atoms with Gasteiger partial charge >= 0.3 is 5.63 Å². The number of amides is 1. The van der Waals surface area contributed by atoms with E-state index in [0.717, 1.165) is 28.5 Å². The van der Waals surface area contributed by atoms with Gasteiger partial charge in [0.1, 0.15) is 11.3 Å². The van der Waals surface area contributed by atoms with Gasteiger partial charge in [0.05, 0.1) is 0 Å². The Bertz CT molecular complexity index is 1020. The third kappa shape index (κ3) is 4.58. The Kier molecular flexibility index (Phi) is 6.11. The number of hydrogen-bond acceptors (Lipinski definition) is 5. The maximum absolute atomic E-state index is 12.3. The molecule has 3 aromatic rings. The zero-order chi connectivity index (χ0) is 20.1. The predicted octanol–water partition coefficient (Wildman–Crippen LogP) is 2.90. The van der Waals surface area contributed by atoms with Crippen LogP contribution in [-0.2, 0) is 24.3 Å². The zero-order valence-electron chi connectivity index (χ0n) is 16.0. The third-order valence-electron chi connectivity index (χ3n) is 4.59. The highest BCUT2D eigenvalue weighted by Crippen LogP contribution is 2.23. The Morgan fingerprint density at radius 2 is 1.86 bits per heavy atom. The van der Waals surface area contributed by atoms with Gasteiger partial charge in [-0.1, -0.05) is 31.2 Å². The minimum Gasteiger partial charge on any atom is -0.481 e. The van der Waals surface area contributed by atoms with Crippen LogP contribution in [0.1, 0.15) is 30.5 Å². The van der Waals surface area contributed by atoms with Crippen molar-refractivity contribution in [2.75, 3.05) is 0 Å². The average Bonchev–Trinajstić information content (AvgIpc) is 2.71. The van der Waals surface area contributed by atoms with Crippen molar-refractivity contribution in [3.63, 3.8) is 0 Å². The van der Waals surface area contributed by atoms with Crippen LogP contribution in [0.2, 0.25) is 0 Å². The summed E-state index contributed by atoms with van der Waals surface area (Å²) in [6.07, 6.45) is 0.0368. The van der Waals surface area contributed by atoms with E-state index in [9.17, 15) is 9.59 Å². The molecule has 0 aliphatic carbocycles. The van der Waals surface area contributed by atoms with E-state index in [1.54, 1.807) is 19.1 Å². The maximum Gasteiger partial charge on any atom is 0.336 e. The molecule has 0 saturated carbocycles. The van der Waals surface area contributed by atoms with Crippen LogP contribution in [0.25, 0.3) is 11.0 Å². The van der Waals surface area contributed by atoms with Crippen LogP contribution in [0.3, 0.4) is 0 Å². The Labute approximate surface area is 163 Å². The van der Waals surface area contributed by atoms with Gasteiger partial charge in [0.15, 0.2) is 6.10 Å². The molecule has 0 fully saturated rings. The first-order valence-corrected chi connectivity index (χ1v) is 9.29. The topological polar surface area (TPSA) is 94.6 Å². The molecule has 6 heteroatoms. The number of benzene rings is 2. The van der Waals surface area contributed by atoms with Gasteiger partial charge in [-0.25, -0.2) is 4.79 Å². The Morgan fingerprint density at radius 3 is 2.54 bits per heavy atom. The summed E-state index contributed by atoms with van der Waals surface area (Å²) in [5, 5.41) is 3.72. The van der Waals surface area contributed by atoms with E-state index >= 15 is 0 Å². The number of carbonyl (C=O) groups is 1. The van der Waals surface area contributed by atoms with Crippen molar-refractivity contribution in [1.82, 2.24) is 5.32 Å². The Balaban J connectivity index is 1.65. The van der Waals surface area contributed by atoms with Gasteiger partial charge < -0.3 is 20.2 Å². The third-order valence-corrected chi connectivity index (χ3v) is 4.59. The summed E-state index contributed by atoms with van der Waals surface area (Å²) in [5.74, 6) is 0.241. The standard InChI is InChI=1S/C22H24N2O4/c1-3-17-10-21(25)28-20-11-18(8-9-19(17)20)27-14(2)22(26)24-13-16-6-4-15(12-23)5-7-16/h4-11,14H,3,12-13,23H2,1-2H3,(H,24,26). The molecule has 0 saturated heterocycles. The highest BCUT2D eigenvalue weighted by atomic mass is 16.5. The smallest absolute Gasteiger partial charge is 0.336 e. The van der Waals surface area contributed by atoms with Crippen LogP contribution in [-0.4, -0.2) is 12.0 Å². The minimum atomic E-state index is -0.693. The zero-order valence-corrected chi connectivity index (χ0v) is 16.0. The van der Waals surface area contributed by atoms with E-state index in [-0.39, 0.29) is 5.91 Å². The molecule has 1 atom stereocenters. The molecular weight excluding hydrogens is 356 g/mol. The molecule has 1 aromatic heterocycles. The summed E-state index contributed by atoms with van der Waals surface area (Å²) < 4.78 is 11.0. The van der Waals surface area contributed by atoms with Crippen molar-refractivity contribution in [3.05, 3.63) is 75.6 Å². The Morgan fingerprint density at radius 1 is 1.14 bits per heavy atom. The minimum absolute atomic E-state index is 0.230. The van der Waals surface area contributed by atoms with E-state index in [0.29, 0.717) is 24.4 Å². The lowest BCUT2D eigenvalue weighted by atomic mass is 10.1. The number of rotatable bonds is 7. The van der Waals surface area contributed by atoms with Gasteiger partial charge in [0, 0.05) is 30.6 Å². The van der Waals surface area contributed by atoms with Crippen LogP contribution < -0.4 is 21.4 Å². The SMILES string of the molecule is CCc1cc(=O)oc2cc(OC(C)C(=O)NCc3ccc(CN)cc3)ccc12. The summed E-state index contributed by atoms with van der Waals surface area (Å²) in [6.45, 7) is 4.55. The number of carbonyl (C=O) groups excluding carboxylic acids is 1. The number of hydrogen-bond donors (Lipinski definition) is 2. The summed E-state index contributed by atoms with van der Waals surface area (Å²) in [7, 11) is 0. The number of fused-ring (bicyclic) bond motifs is 1. The monoisotopic (exact) mass is 380 g/mol. The number of nitrogens with two attached hydrogens (primary N) is 1. The van der Waals surface area contributed by atoms with Crippen molar-refractivity contribution >= 4 is 16.9 Å². The fraction of sp³-hybridized carbons (Fsp3) is 0.273. The average molecular weight is 380 g/mol. The molecule has 1 unspecified atom stereocenters. The van der Waals surface area contributed by atoms with Crippen LogP contribution in [0.5, 0.6) is 5.75 Å². The number of ether oxygens (including phenoxy) is 1. The molecule has 6 nitrogen and oxygen atoms in total. The molecule has 0 aliphatic heterocycles. The molecule has 0 radical (unpaired) electrons. The molecule has 1 heterocycles. The second-order valence-electron chi connectivity index (χ2n) is 6.60. The second-order valence-corrected chi connectivity index (χ2v) is 6.60. The summed E-state index contributed by atoms with van der Waals surface area (Å²) >= 11 is 0. The first kappa shape index (κ1) is 19.6. The quantitative estimate of drug-likeness (QED) is 0.615. The van der Waals surface area contributed by atoms with Crippen LogP contribution in [0, 0.1) is 0 Å². The van der Waals surface area contributed by atoms with Crippen molar-refractivity contribution in [1.29, 1.82) is 0 Å². The summed E-state index contributed by atoms with van der Waals surface area (Å²) in [6, 6.07) is 14.5. The molecule has 0 bridgehead atoms. The summed E-state index contributed by atoms with van der Waals surface area (Å²) in [4.78, 5) is 24.0. The highest BCUT2D eigenvalue weighted by Gasteiger charge is 2.15. The lowest BCUT2D eigenvalue weighted by Gasteiger charge is -2.15. The van der Waals surface area contributed by atoms with Gasteiger partial charge in [0.25, 0.3) is 5.91 Å². The molecule has 2 aromatic carbocycles. The van der Waals surface area contributed by atoms with Crippen LogP contribution in [0.4, 0.5) is 0 Å². The van der Waals surface area contributed by atoms with E-state index in [1.807, 2.05) is 37.3 Å².